The maximum atomic E-state index is 5.94. The summed E-state index contributed by atoms with van der Waals surface area (Å²) in [6.07, 6.45) is 4.72. The molecule has 0 bridgehead atoms. The minimum Gasteiger partial charge on any atom is -0.473 e. The summed E-state index contributed by atoms with van der Waals surface area (Å²) < 4.78 is 10.5. The van der Waals surface area contributed by atoms with Gasteiger partial charge in [0.05, 0.1) is 18.6 Å². The summed E-state index contributed by atoms with van der Waals surface area (Å²) >= 11 is 0. The second-order valence-corrected chi connectivity index (χ2v) is 4.09. The van der Waals surface area contributed by atoms with Gasteiger partial charge in [0, 0.05) is 12.1 Å². The van der Waals surface area contributed by atoms with Gasteiger partial charge in [-0.2, -0.15) is 4.98 Å². The standard InChI is InChI=1S/C12H16N4O2/c1-8(2)18-12-10(13)11(15-7-16-12)14-5-9-3-4-17-6-9/h3-4,6-8H,5,13H2,1-2H3,(H,14,15,16). The maximum Gasteiger partial charge on any atom is 0.242 e. The highest BCUT2D eigenvalue weighted by molar-refractivity contribution is 5.66. The van der Waals surface area contributed by atoms with Crippen LogP contribution in [0.2, 0.25) is 0 Å². The average Bonchev–Trinajstić information content (AvgIpc) is 2.83. The van der Waals surface area contributed by atoms with Gasteiger partial charge in [-0.05, 0) is 19.9 Å². The van der Waals surface area contributed by atoms with Gasteiger partial charge in [-0.1, -0.05) is 0 Å². The molecule has 6 nitrogen and oxygen atoms in total. The SMILES string of the molecule is CC(C)Oc1ncnc(NCc2ccoc2)c1N. The molecule has 2 heterocycles. The first-order valence-electron chi connectivity index (χ1n) is 5.69. The molecule has 0 atom stereocenters. The van der Waals surface area contributed by atoms with Gasteiger partial charge in [-0.3, -0.25) is 0 Å². The Morgan fingerprint density at radius 3 is 2.94 bits per heavy atom. The van der Waals surface area contributed by atoms with Crippen molar-refractivity contribution < 1.29 is 9.15 Å². The van der Waals surface area contributed by atoms with E-state index >= 15 is 0 Å². The summed E-state index contributed by atoms with van der Waals surface area (Å²) in [5.74, 6) is 0.955. The van der Waals surface area contributed by atoms with Crippen LogP contribution in [0.5, 0.6) is 5.88 Å². The third kappa shape index (κ3) is 2.91. The molecule has 3 N–H and O–H groups in total. The summed E-state index contributed by atoms with van der Waals surface area (Å²) in [5, 5.41) is 3.11. The molecule has 0 amide bonds. The van der Waals surface area contributed by atoms with Gasteiger partial charge >= 0.3 is 0 Å². The second-order valence-electron chi connectivity index (χ2n) is 4.09. The predicted molar refractivity (Wildman–Crippen MR) is 68.2 cm³/mol. The molecule has 0 aromatic carbocycles. The molecular weight excluding hydrogens is 232 g/mol. The molecule has 96 valence electrons. The molecule has 0 unspecified atom stereocenters. The minimum atomic E-state index is 0.0175. The molecule has 18 heavy (non-hydrogen) atoms. The van der Waals surface area contributed by atoms with Crippen LogP contribution >= 0.6 is 0 Å². The van der Waals surface area contributed by atoms with Crippen molar-refractivity contribution in [3.8, 4) is 5.88 Å². The van der Waals surface area contributed by atoms with E-state index in [-0.39, 0.29) is 6.10 Å². The van der Waals surface area contributed by atoms with Crippen molar-refractivity contribution in [3.63, 3.8) is 0 Å². The number of nitrogen functional groups attached to an aromatic ring is 1. The fourth-order valence-corrected chi connectivity index (χ4v) is 1.42. The topological polar surface area (TPSA) is 86.2 Å². The van der Waals surface area contributed by atoms with E-state index in [1.165, 1.54) is 6.33 Å². The third-order valence-corrected chi connectivity index (χ3v) is 2.23. The Bertz CT molecular complexity index is 497. The van der Waals surface area contributed by atoms with E-state index in [1.807, 2.05) is 19.9 Å². The molecule has 0 aliphatic carbocycles. The van der Waals surface area contributed by atoms with Crippen LogP contribution in [0.1, 0.15) is 19.4 Å². The fraction of sp³-hybridized carbons (Fsp3) is 0.333. The van der Waals surface area contributed by atoms with E-state index in [0.29, 0.717) is 23.9 Å². The molecule has 2 rings (SSSR count). The molecule has 0 spiro atoms. The van der Waals surface area contributed by atoms with Gasteiger partial charge in [0.1, 0.15) is 12.0 Å². The van der Waals surface area contributed by atoms with E-state index in [1.54, 1.807) is 12.5 Å². The molecule has 0 fully saturated rings. The lowest BCUT2D eigenvalue weighted by Crippen LogP contribution is -2.11. The number of furan rings is 1. The number of anilines is 2. The van der Waals surface area contributed by atoms with Crippen LogP contribution in [0.4, 0.5) is 11.5 Å². The number of rotatable bonds is 5. The van der Waals surface area contributed by atoms with Gasteiger partial charge in [0.25, 0.3) is 0 Å². The van der Waals surface area contributed by atoms with Crippen LogP contribution < -0.4 is 15.8 Å². The summed E-state index contributed by atoms with van der Waals surface area (Å²) in [6, 6.07) is 1.87. The Kier molecular flexibility index (Phi) is 3.66. The van der Waals surface area contributed by atoms with Crippen LogP contribution in [0.25, 0.3) is 0 Å². The Hall–Kier alpha value is -2.24. The molecule has 2 aromatic heterocycles. The summed E-state index contributed by atoms with van der Waals surface area (Å²) in [6.45, 7) is 4.42. The quantitative estimate of drug-likeness (QED) is 0.842. The van der Waals surface area contributed by atoms with Crippen LogP contribution in [0.3, 0.4) is 0 Å². The zero-order valence-corrected chi connectivity index (χ0v) is 10.4. The lowest BCUT2D eigenvalue weighted by atomic mass is 10.3. The van der Waals surface area contributed by atoms with Gasteiger partial charge in [0.15, 0.2) is 5.82 Å². The number of nitrogens with zero attached hydrogens (tertiary/aromatic N) is 2. The van der Waals surface area contributed by atoms with Crippen LogP contribution in [0, 0.1) is 0 Å². The van der Waals surface area contributed by atoms with E-state index in [4.69, 9.17) is 14.9 Å². The lowest BCUT2D eigenvalue weighted by Gasteiger charge is -2.13. The van der Waals surface area contributed by atoms with Crippen molar-refractivity contribution >= 4 is 11.5 Å². The van der Waals surface area contributed by atoms with Crippen LogP contribution in [-0.2, 0) is 6.54 Å². The third-order valence-electron chi connectivity index (χ3n) is 2.23. The van der Waals surface area contributed by atoms with Crippen molar-refractivity contribution in [1.29, 1.82) is 0 Å². The summed E-state index contributed by atoms with van der Waals surface area (Å²) in [5.41, 5.74) is 7.36. The zero-order chi connectivity index (χ0) is 13.0. The minimum absolute atomic E-state index is 0.0175. The summed E-state index contributed by atoms with van der Waals surface area (Å²) in [7, 11) is 0. The van der Waals surface area contributed by atoms with Crippen molar-refractivity contribution in [1.82, 2.24) is 9.97 Å². The molecule has 0 saturated carbocycles. The first-order chi connectivity index (χ1) is 8.66. The zero-order valence-electron chi connectivity index (χ0n) is 10.4. The molecule has 6 heteroatoms. The number of ether oxygens (including phenoxy) is 1. The van der Waals surface area contributed by atoms with Gasteiger partial charge < -0.3 is 20.2 Å². The normalized spacial score (nSPS) is 10.6. The molecule has 0 aliphatic heterocycles. The van der Waals surface area contributed by atoms with Crippen LogP contribution in [-0.4, -0.2) is 16.1 Å². The molecular formula is C12H16N4O2. The first-order valence-corrected chi connectivity index (χ1v) is 5.69. The highest BCUT2D eigenvalue weighted by Gasteiger charge is 2.10. The van der Waals surface area contributed by atoms with Crippen molar-refractivity contribution in [2.75, 3.05) is 11.1 Å². The van der Waals surface area contributed by atoms with Crippen molar-refractivity contribution in [2.45, 2.75) is 26.5 Å². The van der Waals surface area contributed by atoms with E-state index < -0.39 is 0 Å². The predicted octanol–water partition coefficient (Wildman–Crippen LogP) is 2.05. The van der Waals surface area contributed by atoms with E-state index in [9.17, 15) is 0 Å². The van der Waals surface area contributed by atoms with Gasteiger partial charge in [-0.25, -0.2) is 4.98 Å². The smallest absolute Gasteiger partial charge is 0.242 e. The Morgan fingerprint density at radius 2 is 2.28 bits per heavy atom. The monoisotopic (exact) mass is 248 g/mol. The van der Waals surface area contributed by atoms with Gasteiger partial charge in [0.2, 0.25) is 5.88 Å². The Morgan fingerprint density at radius 1 is 1.44 bits per heavy atom. The summed E-state index contributed by atoms with van der Waals surface area (Å²) in [4.78, 5) is 8.10. The number of nitrogens with one attached hydrogen (secondary N) is 1. The number of aromatic nitrogens is 2. The number of hydrogen-bond donors (Lipinski definition) is 2. The lowest BCUT2D eigenvalue weighted by molar-refractivity contribution is 0.234. The molecule has 0 aliphatic rings. The maximum absolute atomic E-state index is 5.94. The first kappa shape index (κ1) is 12.2. The fourth-order valence-electron chi connectivity index (χ4n) is 1.42. The molecule has 0 radical (unpaired) electrons. The molecule has 2 aromatic rings. The average molecular weight is 248 g/mol. The van der Waals surface area contributed by atoms with Gasteiger partial charge in [-0.15, -0.1) is 0 Å². The van der Waals surface area contributed by atoms with Crippen molar-refractivity contribution in [2.24, 2.45) is 0 Å². The molecule has 0 saturated heterocycles. The second kappa shape index (κ2) is 5.39. The van der Waals surface area contributed by atoms with Crippen molar-refractivity contribution in [3.05, 3.63) is 30.5 Å². The largest absolute Gasteiger partial charge is 0.473 e. The highest BCUT2D eigenvalue weighted by Crippen LogP contribution is 2.25. The van der Waals surface area contributed by atoms with Crippen LogP contribution in [0.15, 0.2) is 29.3 Å². The van der Waals surface area contributed by atoms with E-state index in [2.05, 4.69) is 15.3 Å². The Labute approximate surface area is 105 Å². The van der Waals surface area contributed by atoms with E-state index in [0.717, 1.165) is 5.56 Å². The number of hydrogen-bond acceptors (Lipinski definition) is 6. The number of nitrogens with two attached hydrogens (primary N) is 1. The Balaban J connectivity index is 2.08. The highest BCUT2D eigenvalue weighted by atomic mass is 16.5.